The molecule has 0 amide bonds. The minimum absolute atomic E-state index is 0.145. The van der Waals surface area contributed by atoms with Crippen molar-refractivity contribution in [1.82, 2.24) is 4.90 Å². The van der Waals surface area contributed by atoms with Gasteiger partial charge in [-0.05, 0) is 51.1 Å². The highest BCUT2D eigenvalue weighted by Gasteiger charge is 2.26. The molecule has 2 rings (SSSR count). The average Bonchev–Trinajstić information content (AvgIpc) is 2.41. The van der Waals surface area contributed by atoms with Crippen molar-refractivity contribution in [2.45, 2.75) is 44.9 Å². The van der Waals surface area contributed by atoms with Crippen LogP contribution < -0.4 is 10.5 Å². The Labute approximate surface area is 120 Å². The molecule has 0 aliphatic carbocycles. The summed E-state index contributed by atoms with van der Waals surface area (Å²) in [6.45, 7) is 3.78. The van der Waals surface area contributed by atoms with Crippen LogP contribution in [0.4, 0.5) is 0 Å². The zero-order chi connectivity index (χ0) is 13.8. The van der Waals surface area contributed by atoms with Crippen LogP contribution in [0.25, 0.3) is 0 Å². The molecule has 1 aromatic rings. The summed E-state index contributed by atoms with van der Waals surface area (Å²) in [7, 11) is 2.17. The summed E-state index contributed by atoms with van der Waals surface area (Å²) in [6.07, 6.45) is 3.90. The molecule has 0 saturated carbocycles. The lowest BCUT2D eigenvalue weighted by Crippen LogP contribution is -2.45. The number of likely N-dealkylation sites (tertiary alicyclic amines) is 1. The largest absolute Gasteiger partial charge is 0.488 e. The van der Waals surface area contributed by atoms with Gasteiger partial charge < -0.3 is 10.5 Å². The molecule has 1 saturated heterocycles. The first-order chi connectivity index (χ1) is 9.11. The maximum absolute atomic E-state index is 6.23. The van der Waals surface area contributed by atoms with Crippen LogP contribution in [-0.2, 0) is 6.54 Å². The summed E-state index contributed by atoms with van der Waals surface area (Å²) < 4.78 is 6.04. The Kier molecular flexibility index (Phi) is 5.08. The molecule has 0 spiro atoms. The third-order valence-electron chi connectivity index (χ3n) is 3.91. The quantitative estimate of drug-likeness (QED) is 0.922. The molecule has 1 aliphatic rings. The van der Waals surface area contributed by atoms with E-state index in [1.807, 2.05) is 18.2 Å². The fraction of sp³-hybridized carbons (Fsp3) is 0.600. The minimum Gasteiger partial charge on any atom is -0.488 e. The predicted octanol–water partition coefficient (Wildman–Crippen LogP) is 3.05. The second-order valence-electron chi connectivity index (χ2n) is 5.34. The third kappa shape index (κ3) is 3.62. The van der Waals surface area contributed by atoms with Gasteiger partial charge in [-0.2, -0.15) is 0 Å². The third-order valence-corrected chi connectivity index (χ3v) is 4.21. The molecule has 2 unspecified atom stereocenters. The van der Waals surface area contributed by atoms with E-state index in [4.69, 9.17) is 22.1 Å². The molecule has 3 nitrogen and oxygen atoms in total. The topological polar surface area (TPSA) is 38.5 Å². The minimum atomic E-state index is 0.145. The monoisotopic (exact) mass is 282 g/mol. The van der Waals surface area contributed by atoms with Crippen molar-refractivity contribution in [3.05, 3.63) is 28.8 Å². The van der Waals surface area contributed by atoms with E-state index in [9.17, 15) is 0 Å². The highest BCUT2D eigenvalue weighted by molar-refractivity contribution is 6.32. The van der Waals surface area contributed by atoms with Crippen LogP contribution in [0.1, 0.15) is 31.7 Å². The van der Waals surface area contributed by atoms with E-state index in [1.54, 1.807) is 0 Å². The van der Waals surface area contributed by atoms with Gasteiger partial charge in [0, 0.05) is 12.6 Å². The molecule has 2 N–H and O–H groups in total. The van der Waals surface area contributed by atoms with Crippen LogP contribution in [0, 0.1) is 0 Å². The lowest BCUT2D eigenvalue weighted by atomic mass is 9.99. The zero-order valence-electron chi connectivity index (χ0n) is 11.7. The molecule has 0 bridgehead atoms. The van der Waals surface area contributed by atoms with Gasteiger partial charge in [0.1, 0.15) is 11.9 Å². The molecular weight excluding hydrogens is 260 g/mol. The first kappa shape index (κ1) is 14.6. The SMILES string of the molecule is CC(Oc1ccc(CN)cc1Cl)C1CCCCN1C. The molecule has 4 heteroatoms. The van der Waals surface area contributed by atoms with Gasteiger partial charge >= 0.3 is 0 Å². The second-order valence-corrected chi connectivity index (χ2v) is 5.74. The van der Waals surface area contributed by atoms with Crippen LogP contribution in [0.3, 0.4) is 0 Å². The summed E-state index contributed by atoms with van der Waals surface area (Å²) in [5, 5.41) is 0.647. The smallest absolute Gasteiger partial charge is 0.138 e. The van der Waals surface area contributed by atoms with Crippen molar-refractivity contribution in [3.8, 4) is 5.75 Å². The van der Waals surface area contributed by atoms with E-state index in [0.29, 0.717) is 17.6 Å². The van der Waals surface area contributed by atoms with Crippen LogP contribution in [0.15, 0.2) is 18.2 Å². The Balaban J connectivity index is 2.03. The lowest BCUT2D eigenvalue weighted by molar-refractivity contribution is 0.0686. The Hall–Kier alpha value is -0.770. The van der Waals surface area contributed by atoms with Crippen molar-refractivity contribution in [2.24, 2.45) is 5.73 Å². The number of nitrogens with two attached hydrogens (primary N) is 1. The molecule has 1 aliphatic heterocycles. The number of nitrogens with zero attached hydrogens (tertiary/aromatic N) is 1. The number of ether oxygens (including phenoxy) is 1. The number of piperidine rings is 1. The molecule has 19 heavy (non-hydrogen) atoms. The van der Waals surface area contributed by atoms with E-state index < -0.39 is 0 Å². The lowest BCUT2D eigenvalue weighted by Gasteiger charge is -2.36. The van der Waals surface area contributed by atoms with E-state index >= 15 is 0 Å². The molecule has 1 fully saturated rings. The van der Waals surface area contributed by atoms with Gasteiger partial charge in [0.25, 0.3) is 0 Å². The number of halogens is 1. The Morgan fingerprint density at radius 3 is 2.89 bits per heavy atom. The second kappa shape index (κ2) is 6.60. The number of rotatable bonds is 4. The number of hydrogen-bond donors (Lipinski definition) is 1. The van der Waals surface area contributed by atoms with Crippen LogP contribution in [-0.4, -0.2) is 30.6 Å². The summed E-state index contributed by atoms with van der Waals surface area (Å²) in [6, 6.07) is 6.25. The van der Waals surface area contributed by atoms with E-state index in [-0.39, 0.29) is 6.10 Å². The van der Waals surface area contributed by atoms with Gasteiger partial charge in [-0.25, -0.2) is 0 Å². The van der Waals surface area contributed by atoms with Gasteiger partial charge in [0.05, 0.1) is 5.02 Å². The fourth-order valence-corrected chi connectivity index (χ4v) is 2.99. The zero-order valence-corrected chi connectivity index (χ0v) is 12.5. The Bertz CT molecular complexity index is 425. The maximum Gasteiger partial charge on any atom is 0.138 e. The molecule has 1 heterocycles. The maximum atomic E-state index is 6.23. The molecule has 0 radical (unpaired) electrons. The molecule has 2 atom stereocenters. The van der Waals surface area contributed by atoms with Crippen molar-refractivity contribution in [1.29, 1.82) is 0 Å². The van der Waals surface area contributed by atoms with Gasteiger partial charge in [-0.15, -0.1) is 0 Å². The van der Waals surface area contributed by atoms with Crippen molar-refractivity contribution in [3.63, 3.8) is 0 Å². The van der Waals surface area contributed by atoms with Crippen molar-refractivity contribution >= 4 is 11.6 Å². The van der Waals surface area contributed by atoms with Crippen LogP contribution >= 0.6 is 11.6 Å². The fourth-order valence-electron chi connectivity index (χ4n) is 2.74. The van der Waals surface area contributed by atoms with Gasteiger partial charge in [-0.3, -0.25) is 4.90 Å². The molecular formula is C15H23ClN2O. The summed E-state index contributed by atoms with van der Waals surface area (Å²) >= 11 is 6.23. The number of benzene rings is 1. The van der Waals surface area contributed by atoms with Crippen molar-refractivity contribution < 1.29 is 4.74 Å². The van der Waals surface area contributed by atoms with Gasteiger partial charge in [0.2, 0.25) is 0 Å². The van der Waals surface area contributed by atoms with Gasteiger partial charge in [0.15, 0.2) is 0 Å². The summed E-state index contributed by atoms with van der Waals surface area (Å²) in [4.78, 5) is 2.39. The first-order valence-corrected chi connectivity index (χ1v) is 7.35. The summed E-state index contributed by atoms with van der Waals surface area (Å²) in [5.74, 6) is 0.755. The van der Waals surface area contributed by atoms with E-state index in [0.717, 1.165) is 17.9 Å². The van der Waals surface area contributed by atoms with Crippen LogP contribution in [0.2, 0.25) is 5.02 Å². The first-order valence-electron chi connectivity index (χ1n) is 6.97. The highest BCUT2D eigenvalue weighted by Crippen LogP contribution is 2.28. The van der Waals surface area contributed by atoms with Crippen molar-refractivity contribution in [2.75, 3.05) is 13.6 Å². The van der Waals surface area contributed by atoms with Crippen LogP contribution in [0.5, 0.6) is 5.75 Å². The van der Waals surface area contributed by atoms with Gasteiger partial charge in [-0.1, -0.05) is 24.1 Å². The Morgan fingerprint density at radius 2 is 2.26 bits per heavy atom. The molecule has 1 aromatic carbocycles. The highest BCUT2D eigenvalue weighted by atomic mass is 35.5. The van der Waals surface area contributed by atoms with E-state index in [2.05, 4.69) is 18.9 Å². The molecule has 106 valence electrons. The molecule has 0 aromatic heterocycles. The predicted molar refractivity (Wildman–Crippen MR) is 79.7 cm³/mol. The average molecular weight is 283 g/mol. The normalized spacial score (nSPS) is 22.2. The number of likely N-dealkylation sites (N-methyl/N-ethyl adjacent to an activating group) is 1. The standard InChI is InChI=1S/C15H23ClN2O/c1-11(14-5-3-4-8-18(14)2)19-15-7-6-12(10-17)9-13(15)16/h6-7,9,11,14H,3-5,8,10,17H2,1-2H3. The summed E-state index contributed by atoms with van der Waals surface area (Å²) in [5.41, 5.74) is 6.63. The Morgan fingerprint density at radius 1 is 1.47 bits per heavy atom. The number of hydrogen-bond acceptors (Lipinski definition) is 3. The van der Waals surface area contributed by atoms with E-state index in [1.165, 1.54) is 19.3 Å².